The first-order valence-corrected chi connectivity index (χ1v) is 13.1. The number of ether oxygens (including phenoxy) is 1. The minimum Gasteiger partial charge on any atom is -0.451 e. The molecule has 4 aliphatic carbocycles. The summed E-state index contributed by atoms with van der Waals surface area (Å²) in [7, 11) is 0. The van der Waals surface area contributed by atoms with Crippen molar-refractivity contribution in [1.29, 1.82) is 0 Å². The van der Waals surface area contributed by atoms with Gasteiger partial charge in [0.2, 0.25) is 0 Å². The van der Waals surface area contributed by atoms with Crippen molar-refractivity contribution < 1.29 is 29.6 Å². The van der Waals surface area contributed by atoms with Crippen LogP contribution in [0.5, 0.6) is 0 Å². The highest BCUT2D eigenvalue weighted by Gasteiger charge is 2.76. The number of aliphatic hydroxyl groups excluding tert-OH is 2. The highest BCUT2D eigenvalue weighted by molar-refractivity contribution is 5.95. The summed E-state index contributed by atoms with van der Waals surface area (Å²) in [4.78, 5) is 27.0. The second-order valence-electron chi connectivity index (χ2n) is 11.6. The van der Waals surface area contributed by atoms with Gasteiger partial charge in [-0.25, -0.2) is 4.79 Å². The predicted molar refractivity (Wildman–Crippen MR) is 138 cm³/mol. The summed E-state index contributed by atoms with van der Waals surface area (Å²) in [6.45, 7) is 9.58. The summed E-state index contributed by atoms with van der Waals surface area (Å²) in [6.07, 6.45) is 13.7. The fourth-order valence-corrected chi connectivity index (χ4v) is 7.35. The van der Waals surface area contributed by atoms with Crippen molar-refractivity contribution >= 4 is 11.8 Å². The van der Waals surface area contributed by atoms with E-state index in [1.807, 2.05) is 25.2 Å². The Bertz CT molecular complexity index is 1060. The van der Waals surface area contributed by atoms with Crippen molar-refractivity contribution in [3.8, 4) is 0 Å². The van der Waals surface area contributed by atoms with Gasteiger partial charge in [-0.3, -0.25) is 4.79 Å². The molecule has 4 rings (SSSR count). The quantitative estimate of drug-likeness (QED) is 0.214. The van der Waals surface area contributed by atoms with Gasteiger partial charge in [0.05, 0.1) is 12.0 Å². The molecule has 4 aliphatic rings. The molecule has 196 valence electrons. The summed E-state index contributed by atoms with van der Waals surface area (Å²) in [5.74, 6) is -1.27. The van der Waals surface area contributed by atoms with Crippen LogP contribution in [0.4, 0.5) is 0 Å². The fraction of sp³-hybridized carbons (Fsp3) is 0.600. The number of unbranched alkanes of at least 4 members (excludes halogenated alkanes) is 1. The van der Waals surface area contributed by atoms with Crippen molar-refractivity contribution in [2.24, 2.45) is 34.5 Å². The Kier molecular flexibility index (Phi) is 7.10. The van der Waals surface area contributed by atoms with Crippen LogP contribution in [0.1, 0.15) is 53.9 Å². The summed E-state index contributed by atoms with van der Waals surface area (Å²) >= 11 is 0. The lowest BCUT2D eigenvalue weighted by molar-refractivity contribution is -0.201. The number of allylic oxidation sites excluding steroid dienone is 6. The molecule has 36 heavy (non-hydrogen) atoms. The average Bonchev–Trinajstić information content (AvgIpc) is 3.32. The van der Waals surface area contributed by atoms with E-state index in [9.17, 15) is 24.9 Å². The molecule has 0 aromatic rings. The molecular formula is C30H40O6. The molecule has 2 bridgehead atoms. The van der Waals surface area contributed by atoms with Crippen molar-refractivity contribution in [2.75, 3.05) is 6.61 Å². The number of ketones is 1. The van der Waals surface area contributed by atoms with Gasteiger partial charge in [-0.2, -0.15) is 0 Å². The zero-order chi connectivity index (χ0) is 26.5. The topological polar surface area (TPSA) is 104 Å². The van der Waals surface area contributed by atoms with Gasteiger partial charge >= 0.3 is 5.97 Å². The molecule has 2 fully saturated rings. The minimum absolute atomic E-state index is 0.0338. The molecule has 0 saturated heterocycles. The SMILES string of the molecule is CCC/C=C/C=C/C=C/C(=O)O[C@H]1C(C)=C[C@]23C(=O)[C@H](C=C(CO)[C@@H](O)[C@]12O)[C@H]1[C@@H](C[C@H]3C)C1(C)C. The number of carbonyl (C=O) groups is 2. The largest absolute Gasteiger partial charge is 0.451 e. The number of rotatable bonds is 7. The molecule has 0 radical (unpaired) electrons. The maximum atomic E-state index is 14.3. The van der Waals surface area contributed by atoms with Gasteiger partial charge in [-0.1, -0.05) is 76.6 Å². The first kappa shape index (κ1) is 26.8. The van der Waals surface area contributed by atoms with Gasteiger partial charge in [-0.15, -0.1) is 0 Å². The van der Waals surface area contributed by atoms with Crippen LogP contribution < -0.4 is 0 Å². The number of aliphatic hydroxyl groups is 3. The van der Waals surface area contributed by atoms with Crippen molar-refractivity contribution in [3.05, 3.63) is 59.8 Å². The molecule has 0 heterocycles. The zero-order valence-corrected chi connectivity index (χ0v) is 22.0. The summed E-state index contributed by atoms with van der Waals surface area (Å²) in [5, 5.41) is 34.0. The lowest BCUT2D eigenvalue weighted by Crippen LogP contribution is -2.65. The molecule has 2 saturated carbocycles. The van der Waals surface area contributed by atoms with Crippen molar-refractivity contribution in [1.82, 2.24) is 0 Å². The third kappa shape index (κ3) is 3.80. The van der Waals surface area contributed by atoms with Gasteiger partial charge in [0, 0.05) is 12.0 Å². The van der Waals surface area contributed by atoms with E-state index in [1.165, 1.54) is 6.08 Å². The van der Waals surface area contributed by atoms with E-state index in [4.69, 9.17) is 4.74 Å². The first-order valence-electron chi connectivity index (χ1n) is 13.1. The van der Waals surface area contributed by atoms with E-state index in [0.29, 0.717) is 11.5 Å². The molecule has 0 aromatic heterocycles. The number of hydrogen-bond donors (Lipinski definition) is 3. The van der Waals surface area contributed by atoms with Crippen LogP contribution >= 0.6 is 0 Å². The Morgan fingerprint density at radius 3 is 2.58 bits per heavy atom. The minimum atomic E-state index is -2.11. The van der Waals surface area contributed by atoms with E-state index in [2.05, 4.69) is 20.8 Å². The van der Waals surface area contributed by atoms with Gasteiger partial charge in [0.1, 0.15) is 6.10 Å². The second kappa shape index (κ2) is 9.55. The lowest BCUT2D eigenvalue weighted by atomic mass is 9.59. The third-order valence-corrected chi connectivity index (χ3v) is 9.29. The highest BCUT2D eigenvalue weighted by atomic mass is 16.6. The van der Waals surface area contributed by atoms with Crippen LogP contribution in [0.15, 0.2) is 59.8 Å². The summed E-state index contributed by atoms with van der Waals surface area (Å²) in [5.41, 5.74) is -2.83. The number of carbonyl (C=O) groups excluding carboxylic acids is 2. The molecular weight excluding hydrogens is 456 g/mol. The third-order valence-electron chi connectivity index (χ3n) is 9.29. The number of esters is 1. The number of Topliss-reactive ketones (excluding diaryl/α,β-unsaturated/α-hetero) is 1. The molecule has 0 amide bonds. The van der Waals surface area contributed by atoms with Crippen molar-refractivity contribution in [2.45, 2.75) is 71.7 Å². The van der Waals surface area contributed by atoms with Gasteiger partial charge in [-0.05, 0) is 54.1 Å². The van der Waals surface area contributed by atoms with Gasteiger partial charge in [0.15, 0.2) is 17.5 Å². The average molecular weight is 497 g/mol. The Balaban J connectivity index is 1.68. The maximum absolute atomic E-state index is 14.3. The van der Waals surface area contributed by atoms with E-state index < -0.39 is 41.7 Å². The molecule has 3 N–H and O–H groups in total. The first-order chi connectivity index (χ1) is 17.0. The van der Waals surface area contributed by atoms with Crippen LogP contribution in [0.25, 0.3) is 0 Å². The fourth-order valence-electron chi connectivity index (χ4n) is 7.35. The number of fused-ring (bicyclic) bond motifs is 3. The Labute approximate surface area is 214 Å². The normalized spacial score (nSPS) is 41.1. The number of hydrogen-bond acceptors (Lipinski definition) is 6. The van der Waals surface area contributed by atoms with Gasteiger partial charge < -0.3 is 20.1 Å². The smallest absolute Gasteiger partial charge is 0.331 e. The van der Waals surface area contributed by atoms with Crippen LogP contribution in [0.3, 0.4) is 0 Å². The molecule has 6 nitrogen and oxygen atoms in total. The van der Waals surface area contributed by atoms with E-state index in [-0.39, 0.29) is 28.6 Å². The van der Waals surface area contributed by atoms with E-state index >= 15 is 0 Å². The highest BCUT2D eigenvalue weighted by Crippen LogP contribution is 2.71. The molecule has 0 aliphatic heterocycles. The summed E-state index contributed by atoms with van der Waals surface area (Å²) in [6, 6.07) is 0. The standard InChI is InChI=1S/C30H40O6/c1-6-7-8-9-10-11-12-13-23(32)36-27-18(2)16-29-19(3)14-22-24(28(22,4)5)21(26(29)34)15-20(17-31)25(33)30(27,29)35/h8-13,15-16,19,21-22,24-25,27,31,33,35H,6-7,14,17H2,1-5H3/b9-8+,11-10+,13-12+/t19-,21-,22-,24+,25-,27+,29+,30+/m1/s1. The maximum Gasteiger partial charge on any atom is 0.331 e. The van der Waals surface area contributed by atoms with Crippen LogP contribution in [-0.2, 0) is 14.3 Å². The molecule has 0 aromatic carbocycles. The molecule has 1 spiro atoms. The van der Waals surface area contributed by atoms with Crippen LogP contribution in [-0.4, -0.2) is 51.5 Å². The molecule has 0 unspecified atom stereocenters. The van der Waals surface area contributed by atoms with Crippen LogP contribution in [0.2, 0.25) is 0 Å². The Morgan fingerprint density at radius 1 is 1.22 bits per heavy atom. The van der Waals surface area contributed by atoms with E-state index in [1.54, 1.807) is 31.2 Å². The molecule has 6 heteroatoms. The predicted octanol–water partition coefficient (Wildman–Crippen LogP) is 3.83. The van der Waals surface area contributed by atoms with Crippen molar-refractivity contribution in [3.63, 3.8) is 0 Å². The van der Waals surface area contributed by atoms with Gasteiger partial charge in [0.25, 0.3) is 0 Å². The Hall–Kier alpha value is -2.28. The lowest BCUT2D eigenvalue weighted by Gasteiger charge is -2.48. The molecule has 8 atom stereocenters. The van der Waals surface area contributed by atoms with E-state index in [0.717, 1.165) is 19.3 Å². The summed E-state index contributed by atoms with van der Waals surface area (Å²) < 4.78 is 5.75. The zero-order valence-electron chi connectivity index (χ0n) is 22.0. The second-order valence-corrected chi connectivity index (χ2v) is 11.6. The Morgan fingerprint density at radius 2 is 1.92 bits per heavy atom. The van der Waals surface area contributed by atoms with Crippen LogP contribution in [0, 0.1) is 34.5 Å². The monoisotopic (exact) mass is 496 g/mol.